The van der Waals surface area contributed by atoms with Crippen LogP contribution in [0.2, 0.25) is 0 Å². The van der Waals surface area contributed by atoms with E-state index in [9.17, 15) is 0 Å². The molecule has 1 atom stereocenters. The third kappa shape index (κ3) is 3.22. The summed E-state index contributed by atoms with van der Waals surface area (Å²) in [5, 5.41) is 3.66. The quantitative estimate of drug-likeness (QED) is 0.187. The average Bonchev–Trinajstić information content (AvgIpc) is 3.08. The summed E-state index contributed by atoms with van der Waals surface area (Å²) in [5.74, 6) is 0. The van der Waals surface area contributed by atoms with Crippen LogP contribution < -0.4 is 5.32 Å². The van der Waals surface area contributed by atoms with Crippen molar-refractivity contribution in [2.24, 2.45) is 0 Å². The molecule has 0 radical (unpaired) electrons. The molecule has 0 saturated heterocycles. The summed E-state index contributed by atoms with van der Waals surface area (Å²) in [6.45, 7) is 4.28. The number of fused-ring (bicyclic) bond motifs is 2. The average molecular weight is 488 g/mol. The van der Waals surface area contributed by atoms with Crippen LogP contribution in [0.15, 0.2) is 45.6 Å². The van der Waals surface area contributed by atoms with Gasteiger partial charge < -0.3 is 5.32 Å². The number of anilines is 1. The van der Waals surface area contributed by atoms with Gasteiger partial charge in [-0.15, -0.1) is 11.3 Å². The van der Waals surface area contributed by atoms with Gasteiger partial charge >= 0.3 is 0 Å². The number of alkyl halides is 1. The van der Waals surface area contributed by atoms with E-state index in [0.29, 0.717) is 0 Å². The van der Waals surface area contributed by atoms with E-state index < -0.39 is 0 Å². The zero-order valence-corrected chi connectivity index (χ0v) is 17.8. The first kappa shape index (κ1) is 16.4. The Hall–Kier alpha value is -0.0900. The Labute approximate surface area is 165 Å². The Morgan fingerprint density at radius 1 is 1.13 bits per heavy atom. The molecular weight excluding hydrogens is 475 g/mol. The van der Waals surface area contributed by atoms with Crippen molar-refractivity contribution >= 4 is 83.2 Å². The van der Waals surface area contributed by atoms with Crippen LogP contribution in [0.3, 0.4) is 0 Å². The maximum absolute atomic E-state index is 4.79. The largest absolute Gasteiger partial charge is 0.352 e. The molecule has 2 aromatic carbocycles. The lowest BCUT2D eigenvalue weighted by molar-refractivity contribution is 1.29. The number of rotatable bonds is 3. The molecule has 0 amide bonds. The van der Waals surface area contributed by atoms with Crippen LogP contribution in [0.5, 0.6) is 0 Å². The molecule has 1 aliphatic rings. The standard InChI is InChI=1S/C16H13IN2S4/c1-9-5-3-7-11-13(9)18-15(20-11)22-23-16(17)19-14-10(2)6-4-8-12(14)21-16/h3-8,19H,1-2H3. The van der Waals surface area contributed by atoms with E-state index >= 15 is 0 Å². The second-order valence-electron chi connectivity index (χ2n) is 5.28. The lowest BCUT2D eigenvalue weighted by atomic mass is 10.2. The molecule has 4 rings (SSSR count). The number of para-hydroxylation sites is 2. The molecule has 2 heterocycles. The second kappa shape index (κ2) is 6.33. The van der Waals surface area contributed by atoms with E-state index in [1.54, 1.807) is 22.1 Å². The summed E-state index contributed by atoms with van der Waals surface area (Å²) in [6.07, 6.45) is 0. The predicted molar refractivity (Wildman–Crippen MR) is 115 cm³/mol. The van der Waals surface area contributed by atoms with Crippen molar-refractivity contribution in [1.82, 2.24) is 4.98 Å². The molecule has 23 heavy (non-hydrogen) atoms. The normalized spacial score (nSPS) is 19.8. The van der Waals surface area contributed by atoms with Gasteiger partial charge in [-0.3, -0.25) is 0 Å². The Balaban J connectivity index is 1.53. The minimum Gasteiger partial charge on any atom is -0.352 e. The first-order valence-corrected chi connectivity index (χ1v) is 11.9. The predicted octanol–water partition coefficient (Wildman–Crippen LogP) is 6.92. The molecule has 1 unspecified atom stereocenters. The van der Waals surface area contributed by atoms with Gasteiger partial charge in [0.1, 0.15) is 0 Å². The highest BCUT2D eigenvalue weighted by Gasteiger charge is 2.37. The molecule has 1 aromatic heterocycles. The minimum absolute atomic E-state index is 0.0935. The van der Waals surface area contributed by atoms with Crippen molar-refractivity contribution in [3.05, 3.63) is 47.5 Å². The second-order valence-corrected chi connectivity index (χ2v) is 13.5. The van der Waals surface area contributed by atoms with Gasteiger partial charge in [-0.25, -0.2) is 4.98 Å². The van der Waals surface area contributed by atoms with Crippen LogP contribution in [-0.4, -0.2) is 7.19 Å². The van der Waals surface area contributed by atoms with Gasteiger partial charge in [-0.2, -0.15) is 0 Å². The van der Waals surface area contributed by atoms with Crippen LogP contribution in [0.4, 0.5) is 5.69 Å². The smallest absolute Gasteiger partial charge is 0.198 e. The summed E-state index contributed by atoms with van der Waals surface area (Å²) in [6, 6.07) is 12.8. The van der Waals surface area contributed by atoms with Crippen LogP contribution in [0, 0.1) is 13.8 Å². The van der Waals surface area contributed by atoms with E-state index in [-0.39, 0.29) is 2.21 Å². The molecule has 7 heteroatoms. The van der Waals surface area contributed by atoms with E-state index in [4.69, 9.17) is 4.98 Å². The van der Waals surface area contributed by atoms with Gasteiger partial charge in [-0.05, 0) is 81.3 Å². The summed E-state index contributed by atoms with van der Waals surface area (Å²) < 4.78 is 2.29. The Bertz CT molecular complexity index is 895. The lowest BCUT2D eigenvalue weighted by Crippen LogP contribution is -2.16. The third-order valence-corrected chi connectivity index (χ3v) is 11.5. The molecule has 3 aromatic rings. The zero-order chi connectivity index (χ0) is 16.0. The fourth-order valence-electron chi connectivity index (χ4n) is 2.43. The number of aryl methyl sites for hydroxylation is 2. The SMILES string of the molecule is Cc1cccc2c1NC(I)(SSc1nc3c(C)cccc3s1)S2. The summed E-state index contributed by atoms with van der Waals surface area (Å²) >= 11 is 6.15. The molecule has 0 saturated carbocycles. The monoisotopic (exact) mass is 488 g/mol. The van der Waals surface area contributed by atoms with Gasteiger partial charge in [0.15, 0.2) is 6.55 Å². The fraction of sp³-hybridized carbons (Fsp3) is 0.188. The van der Waals surface area contributed by atoms with Gasteiger partial charge in [0, 0.05) is 4.90 Å². The maximum Gasteiger partial charge on any atom is 0.198 e. The Morgan fingerprint density at radius 3 is 2.70 bits per heavy atom. The van der Waals surface area contributed by atoms with Gasteiger partial charge in [-0.1, -0.05) is 36.0 Å². The number of hydrogen-bond donors (Lipinski definition) is 1. The molecular formula is C16H13IN2S4. The first-order valence-electron chi connectivity index (χ1n) is 7.02. The molecule has 118 valence electrons. The minimum atomic E-state index is -0.0935. The molecule has 1 aliphatic heterocycles. The summed E-state index contributed by atoms with van der Waals surface area (Å²) in [4.78, 5) is 6.12. The van der Waals surface area contributed by atoms with E-state index in [1.807, 2.05) is 22.6 Å². The van der Waals surface area contributed by atoms with Crippen LogP contribution in [-0.2, 0) is 0 Å². The van der Waals surface area contributed by atoms with Gasteiger partial charge in [0.05, 0.1) is 15.9 Å². The highest BCUT2D eigenvalue weighted by molar-refractivity contribution is 14.1. The van der Waals surface area contributed by atoms with Crippen molar-refractivity contribution in [2.75, 3.05) is 5.32 Å². The summed E-state index contributed by atoms with van der Waals surface area (Å²) in [7, 11) is 3.59. The molecule has 0 fully saturated rings. The summed E-state index contributed by atoms with van der Waals surface area (Å²) in [5.41, 5.74) is 4.94. The van der Waals surface area contributed by atoms with Gasteiger partial charge in [0.25, 0.3) is 0 Å². The molecule has 0 bridgehead atoms. The molecule has 2 nitrogen and oxygen atoms in total. The number of benzene rings is 2. The van der Waals surface area contributed by atoms with Crippen molar-refractivity contribution in [3.8, 4) is 0 Å². The third-order valence-electron chi connectivity index (χ3n) is 3.57. The number of aromatic nitrogens is 1. The van der Waals surface area contributed by atoms with Crippen molar-refractivity contribution in [2.45, 2.75) is 25.3 Å². The highest BCUT2D eigenvalue weighted by Crippen LogP contribution is 2.60. The van der Waals surface area contributed by atoms with Crippen LogP contribution >= 0.6 is 67.3 Å². The molecule has 1 N–H and O–H groups in total. The van der Waals surface area contributed by atoms with Crippen molar-refractivity contribution in [3.63, 3.8) is 0 Å². The highest BCUT2D eigenvalue weighted by atomic mass is 127. The topological polar surface area (TPSA) is 24.9 Å². The Kier molecular flexibility index (Phi) is 4.51. The number of thiazole rings is 1. The number of nitrogens with one attached hydrogen (secondary N) is 1. The fourth-order valence-corrected chi connectivity index (χ4v) is 9.15. The van der Waals surface area contributed by atoms with Crippen molar-refractivity contribution in [1.29, 1.82) is 0 Å². The van der Waals surface area contributed by atoms with Crippen LogP contribution in [0.25, 0.3) is 10.2 Å². The molecule has 0 aliphatic carbocycles. The lowest BCUT2D eigenvalue weighted by Gasteiger charge is -2.19. The van der Waals surface area contributed by atoms with E-state index in [1.165, 1.54) is 26.4 Å². The van der Waals surface area contributed by atoms with Crippen molar-refractivity contribution < 1.29 is 0 Å². The van der Waals surface area contributed by atoms with Gasteiger partial charge in [0.2, 0.25) is 0 Å². The number of hydrogen-bond acceptors (Lipinski definition) is 6. The van der Waals surface area contributed by atoms with Crippen LogP contribution in [0.1, 0.15) is 11.1 Å². The Morgan fingerprint density at radius 2 is 1.91 bits per heavy atom. The van der Waals surface area contributed by atoms with E-state index in [2.05, 4.69) is 78.2 Å². The first-order chi connectivity index (χ1) is 11.0. The zero-order valence-electron chi connectivity index (χ0n) is 12.4. The number of thioether (sulfide) groups is 1. The molecule has 0 spiro atoms. The maximum atomic E-state index is 4.79. The number of nitrogens with zero attached hydrogens (tertiary/aromatic N) is 1. The number of halogens is 1. The van der Waals surface area contributed by atoms with E-state index in [0.717, 1.165) is 9.86 Å².